The fourth-order valence-corrected chi connectivity index (χ4v) is 5.18. The number of aryl methyl sites for hydroxylation is 1. The Bertz CT molecular complexity index is 609. The first-order valence-electron chi connectivity index (χ1n) is 5.28. The summed E-state index contributed by atoms with van der Waals surface area (Å²) >= 11 is -0.614. The third-order valence-corrected chi connectivity index (χ3v) is 7.11. The van der Waals surface area contributed by atoms with Crippen molar-refractivity contribution in [3.8, 4) is 0 Å². The molecular weight excluding hydrogens is 431 g/mol. The van der Waals surface area contributed by atoms with E-state index in [2.05, 4.69) is 3.13 Å². The van der Waals surface area contributed by atoms with Gasteiger partial charge in [0.2, 0.25) is 0 Å². The second-order valence-corrected chi connectivity index (χ2v) is 8.43. The van der Waals surface area contributed by atoms with Gasteiger partial charge in [-0.2, -0.15) is 0 Å². The third-order valence-electron chi connectivity index (χ3n) is 2.24. The number of hydrogen-bond acceptors (Lipinski definition) is 2. The summed E-state index contributed by atoms with van der Waals surface area (Å²) in [5.41, 5.74) is 1.05. The van der Waals surface area contributed by atoms with Crippen LogP contribution in [0.25, 0.3) is 0 Å². The first-order chi connectivity index (χ1) is 8.58. The van der Waals surface area contributed by atoms with Crippen LogP contribution in [0.3, 0.4) is 0 Å². The average Bonchev–Trinajstić information content (AvgIpc) is 2.38. The molecule has 0 atom stereocenters. The van der Waals surface area contributed by atoms with E-state index in [9.17, 15) is 8.42 Å². The molecule has 3 nitrogen and oxygen atoms in total. The molecule has 1 N–H and O–H groups in total. The number of benzene rings is 2. The first kappa shape index (κ1) is 13.5. The Morgan fingerprint density at radius 2 is 1.56 bits per heavy atom. The number of rotatable bonds is 4. The monoisotopic (exact) mass is 444 g/mol. The van der Waals surface area contributed by atoms with Gasteiger partial charge in [0.05, 0.1) is 0 Å². The topological polar surface area (TPSA) is 46.2 Å². The summed E-state index contributed by atoms with van der Waals surface area (Å²) in [6.45, 7) is 1.93. The van der Waals surface area contributed by atoms with Gasteiger partial charge in [-0.3, -0.25) is 0 Å². The minimum atomic E-state index is -3.38. The van der Waals surface area contributed by atoms with E-state index in [0.29, 0.717) is 4.90 Å². The van der Waals surface area contributed by atoms with E-state index in [1.165, 1.54) is 0 Å². The molecule has 0 saturated heterocycles. The van der Waals surface area contributed by atoms with Gasteiger partial charge in [-0.25, -0.2) is 0 Å². The number of nitrogens with one attached hydrogen (secondary N) is 1. The van der Waals surface area contributed by atoms with Crippen molar-refractivity contribution >= 4 is 13.8 Å². The third kappa shape index (κ3) is 3.54. The maximum atomic E-state index is 12.0. The Labute approximate surface area is 117 Å². The average molecular weight is 444 g/mol. The van der Waals surface area contributed by atoms with Gasteiger partial charge in [-0.15, -0.1) is 0 Å². The van der Waals surface area contributed by atoms with Crippen LogP contribution in [0.4, 0.5) is 0 Å². The molecule has 0 unspecified atom stereocenters. The van der Waals surface area contributed by atoms with Gasteiger partial charge >= 0.3 is 117 Å². The molecule has 99 valence electrons. The standard InChI is InChI=1S/C7H8NO2S.C6H5.Au/c1-6-2-4-7(5-3-6)11(8,9)10;1-2-4-6-5-3-1;/h2-5H,1H3,(H-,8,9,10);1-5H;/q-1;;+1. The van der Waals surface area contributed by atoms with Crippen molar-refractivity contribution in [2.24, 2.45) is 0 Å². The molecule has 2 aromatic carbocycles. The summed E-state index contributed by atoms with van der Waals surface area (Å²) < 4.78 is 27.8. The first-order valence-corrected chi connectivity index (χ1v) is 8.92. The van der Waals surface area contributed by atoms with Crippen molar-refractivity contribution in [3.05, 3.63) is 60.2 Å². The molecule has 0 spiro atoms. The summed E-state index contributed by atoms with van der Waals surface area (Å²) in [7, 11) is -3.38. The van der Waals surface area contributed by atoms with E-state index in [1.54, 1.807) is 24.3 Å². The predicted octanol–water partition coefficient (Wildman–Crippen LogP) is 1.60. The van der Waals surface area contributed by atoms with Gasteiger partial charge in [0.15, 0.2) is 0 Å². The maximum absolute atomic E-state index is 12.0. The van der Waals surface area contributed by atoms with Crippen LogP contribution in [0, 0.1) is 6.92 Å². The van der Waals surface area contributed by atoms with Crippen LogP contribution in [0.2, 0.25) is 0 Å². The van der Waals surface area contributed by atoms with Crippen molar-refractivity contribution in [3.63, 3.8) is 0 Å². The van der Waals surface area contributed by atoms with E-state index in [1.807, 2.05) is 37.3 Å². The van der Waals surface area contributed by atoms with Crippen LogP contribution in [0.1, 0.15) is 5.56 Å². The van der Waals surface area contributed by atoms with Crippen molar-refractivity contribution in [1.29, 1.82) is 0 Å². The molecule has 0 aliphatic heterocycles. The van der Waals surface area contributed by atoms with Gasteiger partial charge in [-0.1, -0.05) is 0 Å². The van der Waals surface area contributed by atoms with Crippen molar-refractivity contribution in [2.45, 2.75) is 11.8 Å². The number of hydrogen-bond donors (Lipinski definition) is 1. The predicted molar refractivity (Wildman–Crippen MR) is 67.6 cm³/mol. The van der Waals surface area contributed by atoms with Crippen LogP contribution in [-0.2, 0) is 30.0 Å². The van der Waals surface area contributed by atoms with E-state index in [-0.39, 0.29) is 0 Å². The van der Waals surface area contributed by atoms with Gasteiger partial charge in [0.1, 0.15) is 0 Å². The molecule has 0 aliphatic carbocycles. The van der Waals surface area contributed by atoms with Gasteiger partial charge in [0, 0.05) is 0 Å². The van der Waals surface area contributed by atoms with Crippen molar-refractivity contribution in [2.75, 3.05) is 0 Å². The zero-order chi connectivity index (χ0) is 13.0. The van der Waals surface area contributed by atoms with E-state index in [0.717, 1.165) is 9.34 Å². The second kappa shape index (κ2) is 5.82. The molecule has 0 aliphatic rings. The minimum absolute atomic E-state index is 0.320. The van der Waals surface area contributed by atoms with Gasteiger partial charge in [-0.05, 0) is 0 Å². The van der Waals surface area contributed by atoms with Crippen LogP contribution in [-0.4, -0.2) is 8.42 Å². The van der Waals surface area contributed by atoms with E-state index < -0.39 is 30.0 Å². The quantitative estimate of drug-likeness (QED) is 0.729. The number of sulfonamides is 1. The van der Waals surface area contributed by atoms with E-state index in [4.69, 9.17) is 0 Å². The zero-order valence-electron chi connectivity index (χ0n) is 9.72. The van der Waals surface area contributed by atoms with Gasteiger partial charge < -0.3 is 0 Å². The molecule has 2 rings (SSSR count). The SMILES string of the molecule is Cc1ccc(S(=O)(=O)[NH][Au][c]2ccccc2)cc1. The zero-order valence-corrected chi connectivity index (χ0v) is 12.7. The molecular formula is C13H13AuNO2S. The Hall–Kier alpha value is -0.910. The Kier molecular flexibility index (Phi) is 4.37. The molecule has 0 radical (unpaired) electrons. The Morgan fingerprint density at radius 1 is 0.944 bits per heavy atom. The molecule has 2 aromatic rings. The summed E-state index contributed by atoms with van der Waals surface area (Å²) in [4.78, 5) is 0.320. The summed E-state index contributed by atoms with van der Waals surface area (Å²) in [6, 6.07) is 16.5. The Morgan fingerprint density at radius 3 is 2.17 bits per heavy atom. The molecule has 0 aromatic heterocycles. The molecule has 0 amide bonds. The van der Waals surface area contributed by atoms with Crippen molar-refractivity contribution < 1.29 is 28.4 Å². The van der Waals surface area contributed by atoms with Gasteiger partial charge in [0.25, 0.3) is 0 Å². The molecule has 0 saturated carbocycles. The van der Waals surface area contributed by atoms with Crippen LogP contribution < -0.4 is 6.91 Å². The summed E-state index contributed by atoms with van der Waals surface area (Å²) in [6.07, 6.45) is 0. The molecule has 0 fully saturated rings. The normalized spacial score (nSPS) is 11.6. The summed E-state index contributed by atoms with van der Waals surface area (Å²) in [5.74, 6) is 0. The molecule has 0 heterocycles. The fourth-order valence-electron chi connectivity index (χ4n) is 1.28. The summed E-state index contributed by atoms with van der Waals surface area (Å²) in [5, 5.41) is 0. The van der Waals surface area contributed by atoms with Crippen LogP contribution in [0.15, 0.2) is 59.5 Å². The van der Waals surface area contributed by atoms with E-state index >= 15 is 0 Å². The molecule has 0 bridgehead atoms. The fraction of sp³-hybridized carbons (Fsp3) is 0.0769. The second-order valence-electron chi connectivity index (χ2n) is 3.70. The van der Waals surface area contributed by atoms with Crippen molar-refractivity contribution in [1.82, 2.24) is 3.13 Å². The Balaban J connectivity index is 2.11. The van der Waals surface area contributed by atoms with Crippen LogP contribution in [0.5, 0.6) is 0 Å². The molecule has 18 heavy (non-hydrogen) atoms. The molecule has 5 heteroatoms. The van der Waals surface area contributed by atoms with Crippen LogP contribution >= 0.6 is 0 Å².